The van der Waals surface area contributed by atoms with Crippen LogP contribution < -0.4 is 0 Å². The fraction of sp³-hybridized carbons (Fsp3) is 0.781. The van der Waals surface area contributed by atoms with Crippen molar-refractivity contribution in [2.24, 2.45) is 0 Å². The van der Waals surface area contributed by atoms with E-state index in [0.717, 1.165) is 77.0 Å². The molecular formula is C73H130O5. The summed E-state index contributed by atoms with van der Waals surface area (Å²) in [5.41, 5.74) is 0. The molecule has 0 saturated carbocycles. The summed E-state index contributed by atoms with van der Waals surface area (Å²) in [5.74, 6) is -0.577. The monoisotopic (exact) mass is 1090 g/mol. The Bertz CT molecular complexity index is 1420. The maximum atomic E-state index is 12.4. The van der Waals surface area contributed by atoms with E-state index < -0.39 is 6.10 Å². The first-order chi connectivity index (χ1) is 38.6. The van der Waals surface area contributed by atoms with E-state index in [4.69, 9.17) is 9.47 Å². The average Bonchev–Trinajstić information content (AvgIpc) is 3.44. The number of unbranched alkanes of at least 4 members (excludes halogenated alkanes) is 41. The van der Waals surface area contributed by atoms with Gasteiger partial charge in [0.2, 0.25) is 0 Å². The quantitative estimate of drug-likeness (QED) is 0.0373. The van der Waals surface area contributed by atoms with E-state index in [1.165, 1.54) is 244 Å². The Kier molecular flexibility index (Phi) is 65.8. The van der Waals surface area contributed by atoms with Gasteiger partial charge in [-0.25, -0.2) is 0 Å². The van der Waals surface area contributed by atoms with E-state index in [1.807, 2.05) is 0 Å². The summed E-state index contributed by atoms with van der Waals surface area (Å²) in [6, 6.07) is 0. The first-order valence-electron chi connectivity index (χ1n) is 34.1. The molecule has 5 heteroatoms. The maximum absolute atomic E-state index is 12.4. The van der Waals surface area contributed by atoms with Gasteiger partial charge in [-0.2, -0.15) is 0 Å². The van der Waals surface area contributed by atoms with Gasteiger partial charge in [0.05, 0.1) is 6.61 Å². The van der Waals surface area contributed by atoms with Crippen LogP contribution in [-0.2, 0) is 19.1 Å². The number of aliphatic hydroxyl groups is 1. The van der Waals surface area contributed by atoms with E-state index in [-0.39, 0.29) is 25.2 Å². The van der Waals surface area contributed by atoms with E-state index >= 15 is 0 Å². The van der Waals surface area contributed by atoms with Crippen molar-refractivity contribution in [1.82, 2.24) is 0 Å². The molecule has 0 aromatic heterocycles. The Labute approximate surface area is 486 Å². The number of aliphatic hydroxyl groups excluding tert-OH is 1. The van der Waals surface area contributed by atoms with Gasteiger partial charge in [0.15, 0.2) is 6.10 Å². The molecule has 78 heavy (non-hydrogen) atoms. The molecule has 0 bridgehead atoms. The third-order valence-corrected chi connectivity index (χ3v) is 15.2. The zero-order chi connectivity index (χ0) is 56.2. The highest BCUT2D eigenvalue weighted by molar-refractivity contribution is 5.70. The Morgan fingerprint density at radius 2 is 0.551 bits per heavy atom. The van der Waals surface area contributed by atoms with Crippen LogP contribution in [0.5, 0.6) is 0 Å². The Morgan fingerprint density at radius 3 is 0.833 bits per heavy atom. The van der Waals surface area contributed by atoms with Gasteiger partial charge in [0.1, 0.15) is 6.61 Å². The normalized spacial score (nSPS) is 12.7. The molecule has 0 aliphatic heterocycles. The second-order valence-electron chi connectivity index (χ2n) is 22.9. The molecule has 0 spiro atoms. The third-order valence-electron chi connectivity index (χ3n) is 15.2. The standard InChI is InChI=1S/C73H130O5/c1-3-5-7-9-11-13-15-17-19-21-23-25-27-29-31-32-33-34-35-36-37-38-39-40-42-43-45-47-49-51-53-55-57-59-61-63-65-67-72(75)77-70-71(69-74)78-73(76)68-66-64-62-60-58-56-54-52-50-48-46-44-41-30-28-26-24-22-20-18-16-14-12-10-8-6-4-2/h6,8,12,14-15,17-18,20-21,23-24,26-27,29,71,74H,3-5,7,9-11,13,16,19,22,25,28,30-70H2,1-2H3/b8-6-,14-12-,17-15-,20-18-,23-21-,26-24-,29-27-. The second kappa shape index (κ2) is 68.4. The van der Waals surface area contributed by atoms with Gasteiger partial charge >= 0.3 is 11.9 Å². The lowest BCUT2D eigenvalue weighted by atomic mass is 10.0. The van der Waals surface area contributed by atoms with Crippen LogP contribution in [0, 0.1) is 0 Å². The Hall–Kier alpha value is -2.92. The van der Waals surface area contributed by atoms with E-state index in [0.29, 0.717) is 12.8 Å². The smallest absolute Gasteiger partial charge is 0.306 e. The van der Waals surface area contributed by atoms with Crippen LogP contribution in [0.3, 0.4) is 0 Å². The zero-order valence-electron chi connectivity index (χ0n) is 51.9. The van der Waals surface area contributed by atoms with Crippen LogP contribution >= 0.6 is 0 Å². The number of hydrogen-bond acceptors (Lipinski definition) is 5. The minimum absolute atomic E-state index is 0.0645. The van der Waals surface area contributed by atoms with Gasteiger partial charge in [-0.1, -0.05) is 330 Å². The second-order valence-corrected chi connectivity index (χ2v) is 22.9. The van der Waals surface area contributed by atoms with Crippen molar-refractivity contribution in [3.8, 4) is 0 Å². The molecule has 0 amide bonds. The molecule has 1 N–H and O–H groups in total. The molecule has 1 atom stereocenters. The predicted molar refractivity (Wildman–Crippen MR) is 343 cm³/mol. The molecule has 1 unspecified atom stereocenters. The number of esters is 2. The van der Waals surface area contributed by atoms with Crippen LogP contribution in [0.25, 0.3) is 0 Å². The van der Waals surface area contributed by atoms with Gasteiger partial charge in [-0.3, -0.25) is 9.59 Å². The summed E-state index contributed by atoms with van der Waals surface area (Å²) in [7, 11) is 0. The summed E-state index contributed by atoms with van der Waals surface area (Å²) in [5, 5.41) is 9.70. The highest BCUT2D eigenvalue weighted by Gasteiger charge is 2.16. The highest BCUT2D eigenvalue weighted by Crippen LogP contribution is 2.18. The predicted octanol–water partition coefficient (Wildman–Crippen LogP) is 23.7. The van der Waals surface area contributed by atoms with Crippen LogP contribution in [0.2, 0.25) is 0 Å². The van der Waals surface area contributed by atoms with Crippen molar-refractivity contribution < 1.29 is 24.2 Å². The van der Waals surface area contributed by atoms with E-state index in [1.54, 1.807) is 0 Å². The summed E-state index contributed by atoms with van der Waals surface area (Å²) < 4.78 is 10.8. The minimum atomic E-state index is -0.775. The summed E-state index contributed by atoms with van der Waals surface area (Å²) in [6.07, 6.45) is 96.1. The van der Waals surface area contributed by atoms with Crippen molar-refractivity contribution in [2.45, 2.75) is 354 Å². The van der Waals surface area contributed by atoms with Gasteiger partial charge in [-0.15, -0.1) is 0 Å². The average molecular weight is 1090 g/mol. The van der Waals surface area contributed by atoms with Crippen LogP contribution in [0.1, 0.15) is 348 Å². The summed E-state index contributed by atoms with van der Waals surface area (Å²) in [4.78, 5) is 24.6. The molecule has 452 valence electrons. The molecule has 0 heterocycles. The molecule has 0 aromatic rings. The lowest BCUT2D eigenvalue weighted by molar-refractivity contribution is -0.161. The molecule has 5 nitrogen and oxygen atoms in total. The van der Waals surface area contributed by atoms with Crippen molar-refractivity contribution in [2.75, 3.05) is 13.2 Å². The lowest BCUT2D eigenvalue weighted by Crippen LogP contribution is -2.28. The molecule has 0 rings (SSSR count). The zero-order valence-corrected chi connectivity index (χ0v) is 51.9. The number of carbonyl (C=O) groups excluding carboxylic acids is 2. The SMILES string of the molecule is CC/C=C\C/C=C\C/C=C\C/C=C\CCCCCCCCCCCCCCCCC(=O)OC(CO)COC(=O)CCCCCCCCCCCCCCCCCCCCCCCC/C=C\C/C=C\C/C=C\CCCCCCC. The molecule has 0 aliphatic rings. The fourth-order valence-electron chi connectivity index (χ4n) is 10.1. The van der Waals surface area contributed by atoms with E-state index in [9.17, 15) is 14.7 Å². The molecule has 0 fully saturated rings. The van der Waals surface area contributed by atoms with Crippen LogP contribution in [-0.4, -0.2) is 36.4 Å². The van der Waals surface area contributed by atoms with Crippen LogP contribution in [0.15, 0.2) is 85.1 Å². The summed E-state index contributed by atoms with van der Waals surface area (Å²) >= 11 is 0. The lowest BCUT2D eigenvalue weighted by Gasteiger charge is -2.15. The number of hydrogen-bond donors (Lipinski definition) is 1. The number of carbonyl (C=O) groups is 2. The van der Waals surface area contributed by atoms with Crippen LogP contribution in [0.4, 0.5) is 0 Å². The number of rotatable bonds is 63. The number of allylic oxidation sites excluding steroid dienone is 14. The molecular weight excluding hydrogens is 957 g/mol. The van der Waals surface area contributed by atoms with Gasteiger partial charge in [-0.05, 0) is 89.9 Å². The van der Waals surface area contributed by atoms with E-state index in [2.05, 4.69) is 98.9 Å². The van der Waals surface area contributed by atoms with Crippen molar-refractivity contribution in [3.63, 3.8) is 0 Å². The first-order valence-corrected chi connectivity index (χ1v) is 34.1. The van der Waals surface area contributed by atoms with Crippen molar-refractivity contribution in [3.05, 3.63) is 85.1 Å². The molecule has 0 aromatic carbocycles. The molecule has 0 radical (unpaired) electrons. The maximum Gasteiger partial charge on any atom is 0.306 e. The largest absolute Gasteiger partial charge is 0.462 e. The fourth-order valence-corrected chi connectivity index (χ4v) is 10.1. The van der Waals surface area contributed by atoms with Gasteiger partial charge in [0.25, 0.3) is 0 Å². The third kappa shape index (κ3) is 65.6. The van der Waals surface area contributed by atoms with Gasteiger partial charge < -0.3 is 14.6 Å². The number of ether oxygens (including phenoxy) is 2. The summed E-state index contributed by atoms with van der Waals surface area (Å²) in [6.45, 7) is 4.05. The van der Waals surface area contributed by atoms with Crippen molar-refractivity contribution in [1.29, 1.82) is 0 Å². The topological polar surface area (TPSA) is 72.8 Å². The Morgan fingerprint density at radius 1 is 0.308 bits per heavy atom. The molecule has 0 aliphatic carbocycles. The Balaban J connectivity index is 3.42. The van der Waals surface area contributed by atoms with Crippen molar-refractivity contribution >= 4 is 11.9 Å². The van der Waals surface area contributed by atoms with Gasteiger partial charge in [0, 0.05) is 12.8 Å². The molecule has 0 saturated heterocycles. The minimum Gasteiger partial charge on any atom is -0.462 e. The highest BCUT2D eigenvalue weighted by atomic mass is 16.6. The first kappa shape index (κ1) is 75.1.